The van der Waals surface area contributed by atoms with Gasteiger partial charge >= 0.3 is 6.03 Å². The van der Waals surface area contributed by atoms with E-state index < -0.39 is 0 Å². The molecule has 2 fully saturated rings. The van der Waals surface area contributed by atoms with Gasteiger partial charge in [-0.1, -0.05) is 49.6 Å². The lowest BCUT2D eigenvalue weighted by atomic mass is 9.74. The summed E-state index contributed by atoms with van der Waals surface area (Å²) in [5.74, 6) is 1.07. The Morgan fingerprint density at radius 1 is 0.974 bits per heavy atom. The molecule has 1 aliphatic carbocycles. The van der Waals surface area contributed by atoms with Gasteiger partial charge in [0, 0.05) is 59.3 Å². The van der Waals surface area contributed by atoms with Crippen LogP contribution in [0.4, 0.5) is 14.9 Å². The van der Waals surface area contributed by atoms with E-state index in [0.29, 0.717) is 5.92 Å². The molecule has 2 aromatic rings. The Morgan fingerprint density at radius 3 is 2.29 bits per heavy atom. The van der Waals surface area contributed by atoms with Crippen LogP contribution in [0.3, 0.4) is 0 Å². The number of benzene rings is 2. The number of carbonyl (C=O) groups excluding carboxylic acids is 1. The number of methoxy groups -OCH3 is 1. The number of ether oxygens (including phenoxy) is 1. The molecule has 1 saturated heterocycles. The summed E-state index contributed by atoms with van der Waals surface area (Å²) in [5, 5.41) is 0. The van der Waals surface area contributed by atoms with Gasteiger partial charge in [0.15, 0.2) is 0 Å². The first-order valence-corrected chi connectivity index (χ1v) is 14.2. The minimum Gasteiger partial charge on any atom is -0.495 e. The summed E-state index contributed by atoms with van der Waals surface area (Å²) in [5.41, 5.74) is 1.88. The fourth-order valence-electron chi connectivity index (χ4n) is 6.54. The number of nitrogens with zero attached hydrogens (tertiary/aromatic N) is 4. The first-order chi connectivity index (χ1) is 18.4. The van der Waals surface area contributed by atoms with E-state index >= 15 is 4.39 Å². The van der Waals surface area contributed by atoms with Gasteiger partial charge in [-0.2, -0.15) is 0 Å². The van der Waals surface area contributed by atoms with Crippen molar-refractivity contribution in [3.63, 3.8) is 0 Å². The minimum atomic E-state index is -0.162. The monoisotopic (exact) mass is 524 g/mol. The van der Waals surface area contributed by atoms with Crippen molar-refractivity contribution in [1.29, 1.82) is 0 Å². The lowest BCUT2D eigenvalue weighted by Gasteiger charge is -2.43. The Hall–Kier alpha value is -2.80. The molecule has 0 bridgehead atoms. The molecule has 208 valence electrons. The van der Waals surface area contributed by atoms with Crippen molar-refractivity contribution in [3.8, 4) is 5.75 Å². The third-order valence-electron chi connectivity index (χ3n) is 8.54. The second-order valence-corrected chi connectivity index (χ2v) is 11.1. The maximum Gasteiger partial charge on any atom is 0.319 e. The SMILES string of the molecule is COc1ccccc1N1CCN(CC[C@H](c2ccccc2F)[C@H](C2CCCCC2)N(C)C(=O)N(C)C)CC1. The van der Waals surface area contributed by atoms with E-state index in [2.05, 4.69) is 21.9 Å². The van der Waals surface area contributed by atoms with Crippen molar-refractivity contribution in [2.75, 3.05) is 65.9 Å². The van der Waals surface area contributed by atoms with Gasteiger partial charge in [-0.05, 0) is 55.5 Å². The molecule has 0 N–H and O–H groups in total. The molecule has 0 spiro atoms. The van der Waals surface area contributed by atoms with E-state index in [1.54, 1.807) is 38.2 Å². The van der Waals surface area contributed by atoms with Crippen molar-refractivity contribution in [2.24, 2.45) is 5.92 Å². The van der Waals surface area contributed by atoms with Crippen LogP contribution in [0, 0.1) is 11.7 Å². The number of amides is 2. The molecule has 0 unspecified atom stereocenters. The first-order valence-electron chi connectivity index (χ1n) is 14.2. The molecule has 7 heteroatoms. The minimum absolute atomic E-state index is 0.00710. The van der Waals surface area contributed by atoms with Crippen LogP contribution in [0.2, 0.25) is 0 Å². The number of carbonyl (C=O) groups is 1. The molecule has 6 nitrogen and oxygen atoms in total. The molecule has 1 saturated carbocycles. The predicted molar refractivity (Wildman–Crippen MR) is 153 cm³/mol. The maximum absolute atomic E-state index is 15.3. The van der Waals surface area contributed by atoms with Crippen LogP contribution < -0.4 is 9.64 Å². The van der Waals surface area contributed by atoms with Crippen LogP contribution in [0.1, 0.15) is 50.0 Å². The van der Waals surface area contributed by atoms with E-state index in [9.17, 15) is 4.79 Å². The zero-order valence-corrected chi connectivity index (χ0v) is 23.6. The summed E-state index contributed by atoms with van der Waals surface area (Å²) in [7, 11) is 7.24. The Balaban J connectivity index is 1.52. The third-order valence-corrected chi connectivity index (χ3v) is 8.54. The molecule has 4 rings (SSSR count). The van der Waals surface area contributed by atoms with Crippen molar-refractivity contribution >= 4 is 11.7 Å². The van der Waals surface area contributed by atoms with E-state index in [0.717, 1.165) is 69.0 Å². The summed E-state index contributed by atoms with van der Waals surface area (Å²) >= 11 is 0. The summed E-state index contributed by atoms with van der Waals surface area (Å²) < 4.78 is 20.9. The summed E-state index contributed by atoms with van der Waals surface area (Å²) in [6.07, 6.45) is 6.62. The highest BCUT2D eigenvalue weighted by Gasteiger charge is 2.38. The van der Waals surface area contributed by atoms with Gasteiger partial charge < -0.3 is 19.4 Å². The molecule has 1 heterocycles. The van der Waals surface area contributed by atoms with E-state index in [4.69, 9.17) is 4.74 Å². The topological polar surface area (TPSA) is 39.3 Å². The summed E-state index contributed by atoms with van der Waals surface area (Å²) in [6.45, 7) is 4.63. The number of para-hydroxylation sites is 2. The highest BCUT2D eigenvalue weighted by molar-refractivity contribution is 5.74. The van der Waals surface area contributed by atoms with Gasteiger partial charge in [0.2, 0.25) is 0 Å². The number of urea groups is 1. The molecule has 38 heavy (non-hydrogen) atoms. The lowest BCUT2D eigenvalue weighted by Crippen LogP contribution is -2.51. The Bertz CT molecular complexity index is 1030. The molecule has 2 amide bonds. The van der Waals surface area contributed by atoms with E-state index in [1.165, 1.54) is 19.3 Å². The highest BCUT2D eigenvalue weighted by atomic mass is 19.1. The van der Waals surface area contributed by atoms with Crippen molar-refractivity contribution in [3.05, 3.63) is 59.9 Å². The normalized spacial score (nSPS) is 18.6. The first kappa shape index (κ1) is 28.2. The van der Waals surface area contributed by atoms with Gasteiger partial charge in [0.25, 0.3) is 0 Å². The average molecular weight is 525 g/mol. The molecule has 0 aromatic heterocycles. The summed E-state index contributed by atoms with van der Waals surface area (Å²) in [4.78, 5) is 21.6. The van der Waals surface area contributed by atoms with Crippen LogP contribution in [0.5, 0.6) is 5.75 Å². The lowest BCUT2D eigenvalue weighted by molar-refractivity contribution is 0.106. The van der Waals surface area contributed by atoms with Gasteiger partial charge in [-0.15, -0.1) is 0 Å². The number of likely N-dealkylation sites (N-methyl/N-ethyl adjacent to an activating group) is 1. The van der Waals surface area contributed by atoms with Crippen molar-refractivity contribution in [1.82, 2.24) is 14.7 Å². The zero-order valence-electron chi connectivity index (χ0n) is 23.6. The fraction of sp³-hybridized carbons (Fsp3) is 0.581. The Morgan fingerprint density at radius 2 is 1.63 bits per heavy atom. The number of hydrogen-bond acceptors (Lipinski definition) is 4. The van der Waals surface area contributed by atoms with Crippen LogP contribution in [0.15, 0.2) is 48.5 Å². The number of anilines is 1. The molecular formula is C31H45FN4O2. The van der Waals surface area contributed by atoms with Gasteiger partial charge in [-0.3, -0.25) is 4.90 Å². The standard InChI is InChI=1S/C31H45FN4O2/c1-33(2)31(37)34(3)30(24-12-6-5-7-13-24)26(25-14-8-9-15-27(25)32)18-19-35-20-22-36(23-21-35)28-16-10-11-17-29(28)38-4/h8-11,14-17,24,26,30H,5-7,12-13,18-23H2,1-4H3/t26-,30+/m1/s1. The van der Waals surface area contributed by atoms with Crippen molar-refractivity contribution < 1.29 is 13.9 Å². The second-order valence-electron chi connectivity index (χ2n) is 11.1. The zero-order chi connectivity index (χ0) is 27.1. The fourth-order valence-corrected chi connectivity index (χ4v) is 6.54. The van der Waals surface area contributed by atoms with Crippen LogP contribution >= 0.6 is 0 Å². The maximum atomic E-state index is 15.3. The average Bonchev–Trinajstić information content (AvgIpc) is 2.95. The van der Waals surface area contributed by atoms with Gasteiger partial charge in [0.1, 0.15) is 11.6 Å². The number of piperazine rings is 1. The van der Waals surface area contributed by atoms with E-state index in [-0.39, 0.29) is 23.8 Å². The Labute approximate surface area is 228 Å². The quantitative estimate of drug-likeness (QED) is 0.422. The summed E-state index contributed by atoms with van der Waals surface area (Å²) in [6, 6.07) is 15.4. The Kier molecular flexibility index (Phi) is 9.89. The van der Waals surface area contributed by atoms with Crippen molar-refractivity contribution in [2.45, 2.75) is 50.5 Å². The number of rotatable bonds is 9. The van der Waals surface area contributed by atoms with E-state index in [1.807, 2.05) is 36.2 Å². The largest absolute Gasteiger partial charge is 0.495 e. The molecule has 2 aromatic carbocycles. The molecule has 2 atom stereocenters. The van der Waals surface area contributed by atoms with Crippen LogP contribution in [-0.4, -0.2) is 87.7 Å². The molecule has 1 aliphatic heterocycles. The van der Waals surface area contributed by atoms with Gasteiger partial charge in [0.05, 0.1) is 12.8 Å². The van der Waals surface area contributed by atoms with Crippen LogP contribution in [0.25, 0.3) is 0 Å². The number of hydrogen-bond donors (Lipinski definition) is 0. The third kappa shape index (κ3) is 6.60. The highest BCUT2D eigenvalue weighted by Crippen LogP contribution is 2.39. The second kappa shape index (κ2) is 13.3. The molecular weight excluding hydrogens is 479 g/mol. The molecule has 2 aliphatic rings. The number of halogens is 1. The smallest absolute Gasteiger partial charge is 0.319 e. The van der Waals surface area contributed by atoms with Crippen LogP contribution in [-0.2, 0) is 0 Å². The van der Waals surface area contributed by atoms with Gasteiger partial charge in [-0.25, -0.2) is 9.18 Å². The molecule has 0 radical (unpaired) electrons. The predicted octanol–water partition coefficient (Wildman–Crippen LogP) is 5.69.